The standard InChI is InChI=1S/C27H31N5O3/c1-19-8-2-3-9-21(19)25-29-24(35-30-25)18-31-16-12-20(13-17-31)26(33)28-23-11-5-4-10-22(23)27(34)32-14-6-7-15-32/h2-5,8-11,20H,6-7,12-18H2,1H3,(H,28,33). The van der Waals surface area contributed by atoms with E-state index in [1.54, 1.807) is 6.07 Å². The molecule has 2 fully saturated rings. The van der Waals surface area contributed by atoms with Crippen LogP contribution < -0.4 is 5.32 Å². The number of hydrogen-bond acceptors (Lipinski definition) is 6. The second-order valence-corrected chi connectivity index (χ2v) is 9.41. The van der Waals surface area contributed by atoms with E-state index in [9.17, 15) is 9.59 Å². The van der Waals surface area contributed by atoms with E-state index in [0.717, 1.165) is 63.0 Å². The highest BCUT2D eigenvalue weighted by atomic mass is 16.5. The first-order valence-electron chi connectivity index (χ1n) is 12.4. The Hall–Kier alpha value is -3.52. The van der Waals surface area contributed by atoms with E-state index < -0.39 is 0 Å². The van der Waals surface area contributed by atoms with Crippen LogP contribution in [0.2, 0.25) is 0 Å². The summed E-state index contributed by atoms with van der Waals surface area (Å²) in [4.78, 5) is 34.6. The number of likely N-dealkylation sites (tertiary alicyclic amines) is 2. The number of amides is 2. The average molecular weight is 474 g/mol. The zero-order chi connectivity index (χ0) is 24.2. The molecule has 8 nitrogen and oxygen atoms in total. The summed E-state index contributed by atoms with van der Waals surface area (Å²) in [7, 11) is 0. The van der Waals surface area contributed by atoms with Crippen molar-refractivity contribution in [1.29, 1.82) is 0 Å². The van der Waals surface area contributed by atoms with Gasteiger partial charge < -0.3 is 14.7 Å². The van der Waals surface area contributed by atoms with Crippen LogP contribution in [0.4, 0.5) is 5.69 Å². The van der Waals surface area contributed by atoms with Gasteiger partial charge in [-0.1, -0.05) is 41.6 Å². The van der Waals surface area contributed by atoms with E-state index in [4.69, 9.17) is 4.52 Å². The van der Waals surface area contributed by atoms with Gasteiger partial charge in [-0.3, -0.25) is 14.5 Å². The van der Waals surface area contributed by atoms with E-state index in [0.29, 0.717) is 29.5 Å². The molecule has 0 aliphatic carbocycles. The van der Waals surface area contributed by atoms with E-state index >= 15 is 0 Å². The highest BCUT2D eigenvalue weighted by molar-refractivity contribution is 6.04. The molecule has 2 amide bonds. The summed E-state index contributed by atoms with van der Waals surface area (Å²) in [6.45, 7) is 5.71. The second-order valence-electron chi connectivity index (χ2n) is 9.41. The predicted octanol–water partition coefficient (Wildman–Crippen LogP) is 4.13. The number of anilines is 1. The number of hydrogen-bond donors (Lipinski definition) is 1. The Morgan fingerprint density at radius 3 is 2.49 bits per heavy atom. The molecule has 2 saturated heterocycles. The lowest BCUT2D eigenvalue weighted by atomic mass is 9.95. The number of benzene rings is 2. The number of carbonyl (C=O) groups is 2. The van der Waals surface area contributed by atoms with Gasteiger partial charge in [0, 0.05) is 24.6 Å². The molecule has 1 aromatic heterocycles. The van der Waals surface area contributed by atoms with Gasteiger partial charge in [0.1, 0.15) is 0 Å². The molecule has 1 N–H and O–H groups in total. The Kier molecular flexibility index (Phi) is 6.90. The number of nitrogens with one attached hydrogen (secondary N) is 1. The van der Waals surface area contributed by atoms with Gasteiger partial charge in [-0.25, -0.2) is 0 Å². The van der Waals surface area contributed by atoms with Crippen LogP contribution in [-0.2, 0) is 11.3 Å². The molecule has 8 heteroatoms. The molecule has 0 radical (unpaired) electrons. The minimum Gasteiger partial charge on any atom is -0.339 e. The first kappa shape index (κ1) is 23.2. The van der Waals surface area contributed by atoms with Crippen LogP contribution in [0.3, 0.4) is 0 Å². The average Bonchev–Trinajstić information content (AvgIpc) is 3.58. The minimum atomic E-state index is -0.0913. The quantitative estimate of drug-likeness (QED) is 0.579. The number of aryl methyl sites for hydroxylation is 1. The Balaban J connectivity index is 1.16. The molecule has 0 atom stereocenters. The van der Waals surface area contributed by atoms with Crippen molar-refractivity contribution >= 4 is 17.5 Å². The van der Waals surface area contributed by atoms with Crippen molar-refractivity contribution in [1.82, 2.24) is 19.9 Å². The summed E-state index contributed by atoms with van der Waals surface area (Å²) in [5.74, 6) is 1.07. The molecule has 0 bridgehead atoms. The molecule has 3 aromatic rings. The zero-order valence-electron chi connectivity index (χ0n) is 20.1. The van der Waals surface area contributed by atoms with Gasteiger partial charge in [-0.15, -0.1) is 0 Å². The van der Waals surface area contributed by atoms with Crippen LogP contribution in [-0.4, -0.2) is 57.9 Å². The first-order valence-corrected chi connectivity index (χ1v) is 12.4. The van der Waals surface area contributed by atoms with Crippen LogP contribution in [0.25, 0.3) is 11.4 Å². The summed E-state index contributed by atoms with van der Waals surface area (Å²) in [6.07, 6.45) is 3.56. The van der Waals surface area contributed by atoms with Crippen molar-refractivity contribution in [3.63, 3.8) is 0 Å². The maximum absolute atomic E-state index is 13.0. The highest BCUT2D eigenvalue weighted by Crippen LogP contribution is 2.25. The maximum Gasteiger partial charge on any atom is 0.255 e. The molecular weight excluding hydrogens is 442 g/mol. The molecule has 0 saturated carbocycles. The van der Waals surface area contributed by atoms with Crippen LogP contribution in [0.15, 0.2) is 53.1 Å². The van der Waals surface area contributed by atoms with Gasteiger partial charge in [0.25, 0.3) is 5.91 Å². The Bertz CT molecular complexity index is 1190. The number of aromatic nitrogens is 2. The van der Waals surface area contributed by atoms with Crippen molar-refractivity contribution in [3.8, 4) is 11.4 Å². The van der Waals surface area contributed by atoms with E-state index in [2.05, 4.69) is 20.4 Å². The van der Waals surface area contributed by atoms with Crippen molar-refractivity contribution in [2.24, 2.45) is 5.92 Å². The zero-order valence-corrected chi connectivity index (χ0v) is 20.1. The molecule has 2 aliphatic rings. The second kappa shape index (κ2) is 10.4. The topological polar surface area (TPSA) is 91.6 Å². The first-order chi connectivity index (χ1) is 17.1. The van der Waals surface area contributed by atoms with Gasteiger partial charge in [0.2, 0.25) is 17.6 Å². The minimum absolute atomic E-state index is 0.00200. The SMILES string of the molecule is Cc1ccccc1-c1noc(CN2CCC(C(=O)Nc3ccccc3C(=O)N3CCCC3)CC2)n1. The smallest absolute Gasteiger partial charge is 0.255 e. The fourth-order valence-electron chi connectivity index (χ4n) is 4.90. The van der Waals surface area contributed by atoms with Crippen LogP contribution in [0, 0.1) is 12.8 Å². The number of para-hydroxylation sites is 1. The van der Waals surface area contributed by atoms with Crippen LogP contribution in [0.5, 0.6) is 0 Å². The molecule has 0 spiro atoms. The molecule has 0 unspecified atom stereocenters. The van der Waals surface area contributed by atoms with Gasteiger partial charge in [-0.2, -0.15) is 4.98 Å². The Morgan fingerprint density at radius 1 is 1.00 bits per heavy atom. The Labute approximate surface area is 205 Å². The molecular formula is C27H31N5O3. The van der Waals surface area contributed by atoms with Gasteiger partial charge in [0.15, 0.2) is 0 Å². The third kappa shape index (κ3) is 5.27. The van der Waals surface area contributed by atoms with E-state index in [-0.39, 0.29) is 17.7 Å². The molecule has 182 valence electrons. The van der Waals surface area contributed by atoms with E-state index in [1.165, 1.54) is 0 Å². The summed E-state index contributed by atoms with van der Waals surface area (Å²) in [5, 5.41) is 7.18. The number of rotatable bonds is 6. The van der Waals surface area contributed by atoms with Crippen molar-refractivity contribution in [3.05, 3.63) is 65.5 Å². The van der Waals surface area contributed by atoms with E-state index in [1.807, 2.05) is 54.3 Å². The highest BCUT2D eigenvalue weighted by Gasteiger charge is 2.28. The van der Waals surface area contributed by atoms with Gasteiger partial charge >= 0.3 is 0 Å². The molecule has 3 heterocycles. The predicted molar refractivity (Wildman–Crippen MR) is 133 cm³/mol. The Morgan fingerprint density at radius 2 is 1.71 bits per heavy atom. The van der Waals surface area contributed by atoms with Crippen molar-refractivity contribution in [2.45, 2.75) is 39.2 Å². The third-order valence-corrected chi connectivity index (χ3v) is 6.98. The number of carbonyl (C=O) groups excluding carboxylic acids is 2. The van der Waals surface area contributed by atoms with Crippen molar-refractivity contribution < 1.29 is 14.1 Å². The third-order valence-electron chi connectivity index (χ3n) is 6.98. The molecule has 2 aliphatic heterocycles. The lowest BCUT2D eigenvalue weighted by Gasteiger charge is -2.30. The lowest BCUT2D eigenvalue weighted by molar-refractivity contribution is -0.121. The molecule has 35 heavy (non-hydrogen) atoms. The molecule has 5 rings (SSSR count). The van der Waals surface area contributed by atoms with Crippen LogP contribution in [0.1, 0.15) is 47.5 Å². The van der Waals surface area contributed by atoms with Crippen LogP contribution >= 0.6 is 0 Å². The number of nitrogens with zero attached hydrogens (tertiary/aromatic N) is 4. The lowest BCUT2D eigenvalue weighted by Crippen LogP contribution is -2.38. The molecule has 2 aromatic carbocycles. The van der Waals surface area contributed by atoms with Gasteiger partial charge in [0.05, 0.1) is 17.8 Å². The fraction of sp³-hybridized carbons (Fsp3) is 0.407. The summed E-state index contributed by atoms with van der Waals surface area (Å²) in [6, 6.07) is 15.3. The largest absolute Gasteiger partial charge is 0.339 e. The van der Waals surface area contributed by atoms with Crippen molar-refractivity contribution in [2.75, 3.05) is 31.5 Å². The summed E-state index contributed by atoms with van der Waals surface area (Å²) >= 11 is 0. The fourth-order valence-corrected chi connectivity index (χ4v) is 4.90. The summed E-state index contributed by atoms with van der Waals surface area (Å²) in [5.41, 5.74) is 3.25. The maximum atomic E-state index is 13.0. The number of piperidine rings is 1. The normalized spacial score (nSPS) is 17.0. The van der Waals surface area contributed by atoms with Gasteiger partial charge in [-0.05, 0) is 63.4 Å². The summed E-state index contributed by atoms with van der Waals surface area (Å²) < 4.78 is 5.49. The monoisotopic (exact) mass is 473 g/mol.